The predicted octanol–water partition coefficient (Wildman–Crippen LogP) is 0.908. The molecular weight excluding hydrogens is 364 g/mol. The van der Waals surface area contributed by atoms with Crippen LogP contribution in [0.4, 0.5) is 0 Å². The molecule has 28 heavy (non-hydrogen) atoms. The van der Waals surface area contributed by atoms with Gasteiger partial charge < -0.3 is 30.7 Å². The normalized spacial score (nSPS) is 13.1. The number of amides is 1. The number of benzene rings is 1. The van der Waals surface area contributed by atoms with E-state index in [1.165, 1.54) is 19.2 Å². The van der Waals surface area contributed by atoms with Gasteiger partial charge in [-0.2, -0.15) is 0 Å². The van der Waals surface area contributed by atoms with Gasteiger partial charge in [-0.1, -0.05) is 6.07 Å². The average Bonchev–Trinajstić information content (AvgIpc) is 2.70. The van der Waals surface area contributed by atoms with E-state index in [9.17, 15) is 15.0 Å². The smallest absolute Gasteiger partial charge is 0.316 e. The number of primary amides is 1. The number of aromatic hydroxyl groups is 1. The minimum Gasteiger partial charge on any atom is -0.507 e. The molecule has 0 aliphatic heterocycles. The van der Waals surface area contributed by atoms with Gasteiger partial charge in [-0.05, 0) is 31.0 Å². The van der Waals surface area contributed by atoms with Crippen molar-refractivity contribution >= 4 is 5.91 Å². The fourth-order valence-electron chi connectivity index (χ4n) is 2.46. The van der Waals surface area contributed by atoms with Crippen molar-refractivity contribution in [3.05, 3.63) is 47.3 Å². The number of carbonyl (C=O) groups is 1. The first-order valence-corrected chi connectivity index (χ1v) is 8.87. The number of aliphatic hydroxyl groups excluding tert-OH is 1. The summed E-state index contributed by atoms with van der Waals surface area (Å²) in [5.41, 5.74) is 6.55. The van der Waals surface area contributed by atoms with E-state index in [4.69, 9.17) is 15.2 Å². The summed E-state index contributed by atoms with van der Waals surface area (Å²) < 4.78 is 10.5. The highest BCUT2D eigenvalue weighted by Gasteiger charge is 2.14. The Morgan fingerprint density at radius 1 is 1.32 bits per heavy atom. The molecule has 9 nitrogen and oxygen atoms in total. The van der Waals surface area contributed by atoms with Crippen LogP contribution in [0.5, 0.6) is 11.8 Å². The summed E-state index contributed by atoms with van der Waals surface area (Å²) in [4.78, 5) is 19.3. The number of carbonyl (C=O) groups excluding carboxylic acids is 1. The monoisotopic (exact) mass is 390 g/mol. The number of nitrogens with zero attached hydrogens (tertiary/aromatic N) is 2. The maximum Gasteiger partial charge on any atom is 0.316 e. The quantitative estimate of drug-likeness (QED) is 0.415. The molecule has 0 aliphatic carbocycles. The third-order valence-corrected chi connectivity index (χ3v) is 4.16. The molecule has 2 atom stereocenters. The molecule has 1 aromatic carbocycles. The fourth-order valence-corrected chi connectivity index (χ4v) is 2.46. The van der Waals surface area contributed by atoms with Crippen molar-refractivity contribution in [3.8, 4) is 11.8 Å². The summed E-state index contributed by atoms with van der Waals surface area (Å²) in [6.45, 7) is 3.21. The zero-order valence-electron chi connectivity index (χ0n) is 16.0. The Balaban J connectivity index is 1.70. The summed E-state index contributed by atoms with van der Waals surface area (Å²) in [5, 5.41) is 23.1. The molecule has 5 N–H and O–H groups in total. The first-order valence-electron chi connectivity index (χ1n) is 8.87. The van der Waals surface area contributed by atoms with Crippen LogP contribution >= 0.6 is 0 Å². The number of nitrogens with one attached hydrogen (secondary N) is 1. The Morgan fingerprint density at radius 2 is 2.04 bits per heavy atom. The summed E-state index contributed by atoms with van der Waals surface area (Å²) in [6.07, 6.45) is 3.22. The zero-order valence-corrected chi connectivity index (χ0v) is 16.0. The van der Waals surface area contributed by atoms with Gasteiger partial charge in [0.05, 0.1) is 25.4 Å². The van der Waals surface area contributed by atoms with E-state index >= 15 is 0 Å². The van der Waals surface area contributed by atoms with Crippen molar-refractivity contribution < 1.29 is 24.5 Å². The molecule has 1 heterocycles. The summed E-state index contributed by atoms with van der Waals surface area (Å²) in [6, 6.07) is 4.72. The lowest BCUT2D eigenvalue weighted by Gasteiger charge is -2.18. The lowest BCUT2D eigenvalue weighted by molar-refractivity contribution is 0.0997. The number of methoxy groups -OCH3 is 1. The third-order valence-electron chi connectivity index (χ3n) is 4.16. The summed E-state index contributed by atoms with van der Waals surface area (Å²) in [5.74, 6) is -0.948. The van der Waals surface area contributed by atoms with Crippen molar-refractivity contribution in [2.45, 2.75) is 32.1 Å². The van der Waals surface area contributed by atoms with Gasteiger partial charge in [0.1, 0.15) is 5.75 Å². The number of nitrogens with two attached hydrogens (primary N) is 1. The maximum atomic E-state index is 11.3. The summed E-state index contributed by atoms with van der Waals surface area (Å²) in [7, 11) is 1.51. The molecule has 9 heteroatoms. The Labute approximate surface area is 163 Å². The van der Waals surface area contributed by atoms with Gasteiger partial charge in [0.2, 0.25) is 0 Å². The SMILES string of the molecule is COc1ncc(COCCC(C)NCC(O)c2ccc(O)c(C(N)=O)c2)cn1. The first-order chi connectivity index (χ1) is 13.4. The molecule has 0 aliphatic rings. The van der Waals surface area contributed by atoms with E-state index in [2.05, 4.69) is 15.3 Å². The molecule has 1 aromatic heterocycles. The third kappa shape index (κ3) is 6.45. The molecule has 0 radical (unpaired) electrons. The second kappa shape index (κ2) is 10.5. The molecule has 0 spiro atoms. The second-order valence-electron chi connectivity index (χ2n) is 6.39. The number of phenols is 1. The summed E-state index contributed by atoms with van der Waals surface area (Å²) >= 11 is 0. The highest BCUT2D eigenvalue weighted by atomic mass is 16.5. The molecular formula is C19H26N4O5. The molecule has 0 saturated carbocycles. The Morgan fingerprint density at radius 3 is 2.68 bits per heavy atom. The molecule has 2 aromatic rings. The van der Waals surface area contributed by atoms with Gasteiger partial charge in [-0.3, -0.25) is 4.79 Å². The molecule has 0 fully saturated rings. The van der Waals surface area contributed by atoms with Crippen molar-refractivity contribution in [3.63, 3.8) is 0 Å². The van der Waals surface area contributed by atoms with Crippen LogP contribution in [0.3, 0.4) is 0 Å². The molecule has 1 amide bonds. The molecule has 152 valence electrons. The molecule has 0 bridgehead atoms. The zero-order chi connectivity index (χ0) is 20.5. The minimum absolute atomic E-state index is 0.0134. The molecule has 0 saturated heterocycles. The van der Waals surface area contributed by atoms with E-state index in [0.717, 1.165) is 12.0 Å². The van der Waals surface area contributed by atoms with E-state index in [1.54, 1.807) is 18.5 Å². The van der Waals surface area contributed by atoms with Crippen molar-refractivity contribution in [2.24, 2.45) is 5.73 Å². The van der Waals surface area contributed by atoms with Gasteiger partial charge in [0, 0.05) is 37.2 Å². The van der Waals surface area contributed by atoms with E-state index in [-0.39, 0.29) is 23.9 Å². The number of rotatable bonds is 11. The fraction of sp³-hybridized carbons (Fsp3) is 0.421. The van der Waals surface area contributed by atoms with E-state index in [0.29, 0.717) is 24.8 Å². The first kappa shape index (κ1) is 21.5. The molecule has 2 rings (SSSR count). The number of ether oxygens (including phenoxy) is 2. The van der Waals surface area contributed by atoms with Crippen LogP contribution < -0.4 is 15.8 Å². The van der Waals surface area contributed by atoms with Crippen LogP contribution in [0.15, 0.2) is 30.6 Å². The lowest BCUT2D eigenvalue weighted by Crippen LogP contribution is -2.31. The van der Waals surface area contributed by atoms with Crippen LogP contribution in [0.2, 0.25) is 0 Å². The van der Waals surface area contributed by atoms with Gasteiger partial charge >= 0.3 is 6.01 Å². The second-order valence-corrected chi connectivity index (χ2v) is 6.39. The lowest BCUT2D eigenvalue weighted by atomic mass is 10.0. The van der Waals surface area contributed by atoms with Gasteiger partial charge in [0.15, 0.2) is 0 Å². The van der Waals surface area contributed by atoms with Crippen molar-refractivity contribution in [1.82, 2.24) is 15.3 Å². The van der Waals surface area contributed by atoms with Gasteiger partial charge in [-0.15, -0.1) is 0 Å². The largest absolute Gasteiger partial charge is 0.507 e. The van der Waals surface area contributed by atoms with E-state index in [1.807, 2.05) is 6.92 Å². The highest BCUT2D eigenvalue weighted by Crippen LogP contribution is 2.22. The predicted molar refractivity (Wildman–Crippen MR) is 102 cm³/mol. The number of hydrogen-bond acceptors (Lipinski definition) is 8. The van der Waals surface area contributed by atoms with E-state index < -0.39 is 12.0 Å². The molecule has 2 unspecified atom stereocenters. The topological polar surface area (TPSA) is 140 Å². The van der Waals surface area contributed by atoms with Crippen molar-refractivity contribution in [2.75, 3.05) is 20.3 Å². The van der Waals surface area contributed by atoms with Crippen LogP contribution in [0, 0.1) is 0 Å². The number of aromatic nitrogens is 2. The van der Waals surface area contributed by atoms with Crippen molar-refractivity contribution in [1.29, 1.82) is 0 Å². The van der Waals surface area contributed by atoms with Crippen LogP contribution in [0.1, 0.15) is 40.9 Å². The average molecular weight is 390 g/mol. The Kier molecular flexibility index (Phi) is 8.12. The minimum atomic E-state index is -0.835. The van der Waals surface area contributed by atoms with Gasteiger partial charge in [0.25, 0.3) is 5.91 Å². The highest BCUT2D eigenvalue weighted by molar-refractivity contribution is 5.95. The maximum absolute atomic E-state index is 11.3. The van der Waals surface area contributed by atoms with Crippen LogP contribution in [-0.2, 0) is 11.3 Å². The van der Waals surface area contributed by atoms with Crippen LogP contribution in [-0.4, -0.2) is 52.4 Å². The standard InChI is InChI=1S/C19H26N4O5/c1-12(5-6-28-11-13-8-22-19(27-2)23-9-13)21-10-17(25)14-3-4-16(24)15(7-14)18(20)26/h3-4,7-9,12,17,21,24-25H,5-6,10-11H2,1-2H3,(H2,20,26). The number of hydrogen-bond donors (Lipinski definition) is 4. The Hall–Kier alpha value is -2.75. The Bertz CT molecular complexity index is 769. The van der Waals surface area contributed by atoms with Gasteiger partial charge in [-0.25, -0.2) is 9.97 Å². The number of aliphatic hydroxyl groups is 1. The van der Waals surface area contributed by atoms with Crippen LogP contribution in [0.25, 0.3) is 0 Å².